The summed E-state index contributed by atoms with van der Waals surface area (Å²) in [5, 5.41) is 5.69. The SMILES string of the molecule is O=C(CCCN1C(=O)NC2(CCCC2)C1=O)Nc1ccc(Oc2ccccc2)cc1. The van der Waals surface area contributed by atoms with E-state index in [0.717, 1.165) is 18.6 Å². The number of carbonyl (C=O) groups excluding carboxylic acids is 3. The van der Waals surface area contributed by atoms with Gasteiger partial charge in [0.2, 0.25) is 5.91 Å². The standard InChI is InChI=1S/C23H25N3O4/c27-20(9-6-16-26-21(28)23(25-22(26)29)14-4-5-15-23)24-17-10-12-19(13-11-17)30-18-7-2-1-3-8-18/h1-3,7-8,10-13H,4-6,9,14-16H2,(H,24,27)(H,25,29). The van der Waals surface area contributed by atoms with Crippen LogP contribution in [0.4, 0.5) is 10.5 Å². The molecule has 0 atom stereocenters. The molecule has 0 radical (unpaired) electrons. The minimum absolute atomic E-state index is 0.139. The van der Waals surface area contributed by atoms with Crippen LogP contribution in [-0.2, 0) is 9.59 Å². The minimum Gasteiger partial charge on any atom is -0.457 e. The second kappa shape index (κ2) is 8.57. The summed E-state index contributed by atoms with van der Waals surface area (Å²) in [4.78, 5) is 38.2. The summed E-state index contributed by atoms with van der Waals surface area (Å²) in [6.45, 7) is 0.254. The second-order valence-corrected chi connectivity index (χ2v) is 7.77. The van der Waals surface area contributed by atoms with Gasteiger partial charge in [0, 0.05) is 18.7 Å². The Labute approximate surface area is 175 Å². The highest BCUT2D eigenvalue weighted by atomic mass is 16.5. The first-order chi connectivity index (χ1) is 14.6. The lowest BCUT2D eigenvalue weighted by molar-refractivity contribution is -0.131. The van der Waals surface area contributed by atoms with Crippen molar-refractivity contribution in [2.45, 2.75) is 44.1 Å². The molecule has 2 aliphatic rings. The van der Waals surface area contributed by atoms with Crippen molar-refractivity contribution in [2.75, 3.05) is 11.9 Å². The van der Waals surface area contributed by atoms with Crippen LogP contribution in [0.25, 0.3) is 0 Å². The van der Waals surface area contributed by atoms with Crippen molar-refractivity contribution in [2.24, 2.45) is 0 Å². The number of urea groups is 1. The van der Waals surface area contributed by atoms with Crippen molar-refractivity contribution in [1.82, 2.24) is 10.2 Å². The summed E-state index contributed by atoms with van der Waals surface area (Å²) in [6.07, 6.45) is 3.98. The molecule has 156 valence electrons. The maximum Gasteiger partial charge on any atom is 0.325 e. The first kappa shape index (κ1) is 19.9. The van der Waals surface area contributed by atoms with E-state index in [1.807, 2.05) is 30.3 Å². The fraction of sp³-hybridized carbons (Fsp3) is 0.348. The molecular weight excluding hydrogens is 382 g/mol. The maximum atomic E-state index is 12.6. The van der Waals surface area contributed by atoms with Crippen molar-refractivity contribution >= 4 is 23.5 Å². The molecule has 2 aromatic rings. The van der Waals surface area contributed by atoms with Gasteiger partial charge in [-0.15, -0.1) is 0 Å². The van der Waals surface area contributed by atoms with Crippen LogP contribution in [0.5, 0.6) is 11.5 Å². The van der Waals surface area contributed by atoms with Crippen molar-refractivity contribution < 1.29 is 19.1 Å². The highest BCUT2D eigenvalue weighted by Gasteiger charge is 2.51. The number of nitrogens with one attached hydrogen (secondary N) is 2. The smallest absolute Gasteiger partial charge is 0.325 e. The second-order valence-electron chi connectivity index (χ2n) is 7.77. The molecule has 0 aromatic heterocycles. The third-order valence-corrected chi connectivity index (χ3v) is 5.61. The molecule has 4 rings (SSSR count). The number of nitrogens with zero attached hydrogens (tertiary/aromatic N) is 1. The van der Waals surface area contributed by atoms with E-state index in [1.165, 1.54) is 4.90 Å². The van der Waals surface area contributed by atoms with E-state index in [1.54, 1.807) is 24.3 Å². The number of rotatable bonds is 7. The first-order valence-corrected chi connectivity index (χ1v) is 10.3. The van der Waals surface area contributed by atoms with E-state index in [-0.39, 0.29) is 30.8 Å². The van der Waals surface area contributed by atoms with Crippen LogP contribution < -0.4 is 15.4 Å². The zero-order valence-electron chi connectivity index (χ0n) is 16.7. The Morgan fingerprint density at radius 2 is 1.67 bits per heavy atom. The topological polar surface area (TPSA) is 87.7 Å². The number of benzene rings is 2. The Balaban J connectivity index is 1.23. The monoisotopic (exact) mass is 407 g/mol. The Bertz CT molecular complexity index is 921. The lowest BCUT2D eigenvalue weighted by atomic mass is 9.98. The van der Waals surface area contributed by atoms with Gasteiger partial charge in [-0.2, -0.15) is 0 Å². The summed E-state index contributed by atoms with van der Waals surface area (Å²) >= 11 is 0. The molecule has 7 nitrogen and oxygen atoms in total. The maximum absolute atomic E-state index is 12.6. The lowest BCUT2D eigenvalue weighted by Gasteiger charge is -2.19. The summed E-state index contributed by atoms with van der Waals surface area (Å²) in [7, 11) is 0. The van der Waals surface area contributed by atoms with Crippen LogP contribution >= 0.6 is 0 Å². The molecule has 1 heterocycles. The van der Waals surface area contributed by atoms with Gasteiger partial charge < -0.3 is 15.4 Å². The summed E-state index contributed by atoms with van der Waals surface area (Å²) in [5.74, 6) is 1.13. The summed E-state index contributed by atoms with van der Waals surface area (Å²) in [5.41, 5.74) is -0.0246. The van der Waals surface area contributed by atoms with Gasteiger partial charge in [-0.3, -0.25) is 14.5 Å². The predicted molar refractivity (Wildman–Crippen MR) is 112 cm³/mol. The first-order valence-electron chi connectivity index (χ1n) is 10.3. The van der Waals surface area contributed by atoms with Crippen LogP contribution in [0.1, 0.15) is 38.5 Å². The van der Waals surface area contributed by atoms with Crippen molar-refractivity contribution in [3.05, 3.63) is 54.6 Å². The predicted octanol–water partition coefficient (Wildman–Crippen LogP) is 4.06. The van der Waals surface area contributed by atoms with Crippen LogP contribution in [0.3, 0.4) is 0 Å². The minimum atomic E-state index is -0.692. The van der Waals surface area contributed by atoms with Gasteiger partial charge in [-0.1, -0.05) is 31.0 Å². The van der Waals surface area contributed by atoms with Gasteiger partial charge >= 0.3 is 6.03 Å². The number of hydrogen-bond donors (Lipinski definition) is 2. The molecule has 2 aromatic carbocycles. The lowest BCUT2D eigenvalue weighted by Crippen LogP contribution is -2.44. The Kier molecular flexibility index (Phi) is 5.70. The van der Waals surface area contributed by atoms with E-state index in [9.17, 15) is 14.4 Å². The van der Waals surface area contributed by atoms with Crippen molar-refractivity contribution in [1.29, 1.82) is 0 Å². The number of para-hydroxylation sites is 1. The van der Waals surface area contributed by atoms with Crippen LogP contribution in [-0.4, -0.2) is 34.8 Å². The summed E-state index contributed by atoms with van der Waals surface area (Å²) < 4.78 is 5.73. The van der Waals surface area contributed by atoms with Gasteiger partial charge in [0.25, 0.3) is 5.91 Å². The van der Waals surface area contributed by atoms with Gasteiger partial charge in [0.05, 0.1) is 0 Å². The molecule has 1 saturated heterocycles. The average Bonchev–Trinajstić information content (AvgIpc) is 3.30. The summed E-state index contributed by atoms with van der Waals surface area (Å²) in [6, 6.07) is 16.3. The molecule has 2 N–H and O–H groups in total. The highest BCUT2D eigenvalue weighted by Crippen LogP contribution is 2.35. The van der Waals surface area contributed by atoms with Gasteiger partial charge in [-0.25, -0.2) is 4.79 Å². The van der Waals surface area contributed by atoms with E-state index in [0.29, 0.717) is 30.7 Å². The number of carbonyl (C=O) groups is 3. The van der Waals surface area contributed by atoms with Crippen LogP contribution in [0, 0.1) is 0 Å². The molecule has 1 aliphatic carbocycles. The largest absolute Gasteiger partial charge is 0.457 e. The molecule has 30 heavy (non-hydrogen) atoms. The normalized spacial score (nSPS) is 17.3. The van der Waals surface area contributed by atoms with E-state index in [4.69, 9.17) is 4.74 Å². The molecule has 4 amide bonds. The van der Waals surface area contributed by atoms with Gasteiger partial charge in [-0.05, 0) is 55.7 Å². The number of hydrogen-bond acceptors (Lipinski definition) is 4. The number of ether oxygens (including phenoxy) is 1. The van der Waals surface area contributed by atoms with Gasteiger partial charge in [0.1, 0.15) is 17.0 Å². The van der Waals surface area contributed by atoms with Crippen LogP contribution in [0.15, 0.2) is 54.6 Å². The molecule has 0 bridgehead atoms. The Hall–Kier alpha value is -3.35. The van der Waals surface area contributed by atoms with Crippen molar-refractivity contribution in [3.63, 3.8) is 0 Å². The zero-order chi connectivity index (χ0) is 21.0. The van der Waals surface area contributed by atoms with E-state index in [2.05, 4.69) is 10.6 Å². The zero-order valence-corrected chi connectivity index (χ0v) is 16.7. The fourth-order valence-corrected chi connectivity index (χ4v) is 4.05. The van der Waals surface area contributed by atoms with Crippen LogP contribution in [0.2, 0.25) is 0 Å². The number of amides is 4. The molecule has 0 unspecified atom stereocenters. The molecule has 1 spiro atoms. The Morgan fingerprint density at radius 3 is 2.37 bits per heavy atom. The molecule has 1 aliphatic heterocycles. The average molecular weight is 407 g/mol. The third-order valence-electron chi connectivity index (χ3n) is 5.61. The third kappa shape index (κ3) is 4.30. The Morgan fingerprint density at radius 1 is 1.00 bits per heavy atom. The molecule has 2 fully saturated rings. The number of anilines is 1. The molecule has 7 heteroatoms. The highest BCUT2D eigenvalue weighted by molar-refractivity contribution is 6.07. The van der Waals surface area contributed by atoms with E-state index >= 15 is 0 Å². The quantitative estimate of drug-likeness (QED) is 0.678. The molecule has 1 saturated carbocycles. The fourth-order valence-electron chi connectivity index (χ4n) is 4.05. The molecular formula is C23H25N3O4. The van der Waals surface area contributed by atoms with E-state index < -0.39 is 5.54 Å². The van der Waals surface area contributed by atoms with Crippen molar-refractivity contribution in [3.8, 4) is 11.5 Å². The number of imide groups is 1. The van der Waals surface area contributed by atoms with Gasteiger partial charge in [0.15, 0.2) is 0 Å².